The normalized spacial score (nSPS) is 23.6. The van der Waals surface area contributed by atoms with E-state index in [0.29, 0.717) is 18.1 Å². The van der Waals surface area contributed by atoms with Gasteiger partial charge in [0.15, 0.2) is 0 Å². The first-order valence-corrected chi connectivity index (χ1v) is 7.42. The molecular weight excluding hydrogens is 276 g/mol. The molecule has 1 amide bonds. The fourth-order valence-corrected chi connectivity index (χ4v) is 2.58. The van der Waals surface area contributed by atoms with Crippen molar-refractivity contribution in [3.8, 4) is 0 Å². The minimum atomic E-state index is -0.438. The molecule has 0 aromatic heterocycles. The van der Waals surface area contributed by atoms with Crippen molar-refractivity contribution in [2.24, 2.45) is 5.73 Å². The number of benzene rings is 1. The highest BCUT2D eigenvalue weighted by atomic mass is 35.5. The molecule has 0 radical (unpaired) electrons. The molecule has 3 atom stereocenters. The Morgan fingerprint density at radius 1 is 1.50 bits per heavy atom. The summed E-state index contributed by atoms with van der Waals surface area (Å²) in [5.41, 5.74) is 6.87. The van der Waals surface area contributed by atoms with Gasteiger partial charge >= 0.3 is 0 Å². The fraction of sp³-hybridized carbons (Fsp3) is 0.533. The molecule has 1 saturated heterocycles. The van der Waals surface area contributed by atoms with Gasteiger partial charge in [0.2, 0.25) is 5.91 Å². The third-order valence-electron chi connectivity index (χ3n) is 3.55. The van der Waals surface area contributed by atoms with Crippen LogP contribution in [0.15, 0.2) is 24.3 Å². The molecule has 1 fully saturated rings. The summed E-state index contributed by atoms with van der Waals surface area (Å²) in [6.07, 6.45) is 2.28. The molecule has 0 aliphatic carbocycles. The summed E-state index contributed by atoms with van der Waals surface area (Å²) < 4.78 is 5.73. The first-order chi connectivity index (χ1) is 9.61. The Hall–Kier alpha value is -1.10. The maximum Gasteiger partial charge on any atom is 0.237 e. The molecule has 4 nitrogen and oxygen atoms in total. The maximum atomic E-state index is 12.0. The molecule has 2 rings (SSSR count). The van der Waals surface area contributed by atoms with Crippen LogP contribution in [0.1, 0.15) is 37.9 Å². The lowest BCUT2D eigenvalue weighted by molar-refractivity contribution is -0.123. The van der Waals surface area contributed by atoms with Crippen molar-refractivity contribution >= 4 is 17.5 Å². The molecule has 3 unspecified atom stereocenters. The topological polar surface area (TPSA) is 64.4 Å². The average Bonchev–Trinajstić information content (AvgIpc) is 2.88. The Morgan fingerprint density at radius 3 is 2.85 bits per heavy atom. The second-order valence-corrected chi connectivity index (χ2v) is 5.58. The van der Waals surface area contributed by atoms with Crippen LogP contribution in [0, 0.1) is 0 Å². The molecule has 3 N–H and O–H groups in total. The van der Waals surface area contributed by atoms with Crippen molar-refractivity contribution in [3.05, 3.63) is 34.9 Å². The summed E-state index contributed by atoms with van der Waals surface area (Å²) >= 11 is 5.89. The van der Waals surface area contributed by atoms with E-state index in [1.54, 1.807) is 0 Å². The van der Waals surface area contributed by atoms with Crippen LogP contribution in [0.5, 0.6) is 0 Å². The Labute approximate surface area is 124 Å². The van der Waals surface area contributed by atoms with E-state index in [1.165, 1.54) is 0 Å². The van der Waals surface area contributed by atoms with Crippen molar-refractivity contribution in [2.75, 3.05) is 6.61 Å². The minimum Gasteiger partial charge on any atom is -0.371 e. The van der Waals surface area contributed by atoms with Gasteiger partial charge in [0.05, 0.1) is 12.1 Å². The van der Waals surface area contributed by atoms with Gasteiger partial charge in [-0.25, -0.2) is 0 Å². The third kappa shape index (κ3) is 3.72. The summed E-state index contributed by atoms with van der Waals surface area (Å²) in [4.78, 5) is 12.0. The number of amides is 1. The van der Waals surface area contributed by atoms with Gasteiger partial charge in [-0.1, -0.05) is 37.1 Å². The number of carbonyl (C=O) groups is 1. The number of nitrogens with two attached hydrogens (primary N) is 1. The van der Waals surface area contributed by atoms with E-state index < -0.39 is 6.04 Å². The molecule has 1 heterocycles. The number of rotatable bonds is 5. The highest BCUT2D eigenvalue weighted by molar-refractivity contribution is 6.30. The number of ether oxygens (including phenoxy) is 1. The number of hydrogen-bond donors (Lipinski definition) is 2. The van der Waals surface area contributed by atoms with E-state index in [1.807, 2.05) is 31.2 Å². The van der Waals surface area contributed by atoms with E-state index >= 15 is 0 Å². The quantitative estimate of drug-likeness (QED) is 0.877. The first kappa shape index (κ1) is 15.3. The fourth-order valence-electron chi connectivity index (χ4n) is 2.45. The van der Waals surface area contributed by atoms with Crippen molar-refractivity contribution in [1.82, 2.24) is 5.32 Å². The van der Waals surface area contributed by atoms with Gasteiger partial charge < -0.3 is 15.8 Å². The largest absolute Gasteiger partial charge is 0.371 e. The summed E-state index contributed by atoms with van der Waals surface area (Å²) in [6.45, 7) is 2.66. The Balaban J connectivity index is 2.00. The predicted octanol–water partition coefficient (Wildman–Crippen LogP) is 2.41. The lowest BCUT2D eigenvalue weighted by Gasteiger charge is -2.22. The zero-order valence-corrected chi connectivity index (χ0v) is 12.4. The first-order valence-electron chi connectivity index (χ1n) is 7.05. The molecule has 5 heteroatoms. The van der Waals surface area contributed by atoms with E-state index in [9.17, 15) is 4.79 Å². The van der Waals surface area contributed by atoms with E-state index in [-0.39, 0.29) is 18.1 Å². The molecular formula is C15H21ClN2O2. The summed E-state index contributed by atoms with van der Waals surface area (Å²) in [5.74, 6) is -0.0960. The number of hydrogen-bond acceptors (Lipinski definition) is 3. The lowest BCUT2D eigenvalue weighted by atomic mass is 10.0. The highest BCUT2D eigenvalue weighted by Gasteiger charge is 2.31. The van der Waals surface area contributed by atoms with Crippen LogP contribution < -0.4 is 11.1 Å². The summed E-state index contributed by atoms with van der Waals surface area (Å²) in [5, 5.41) is 3.70. The minimum absolute atomic E-state index is 0.0217. The zero-order valence-electron chi connectivity index (χ0n) is 11.6. The average molecular weight is 297 g/mol. The van der Waals surface area contributed by atoms with Gasteiger partial charge in [-0.05, 0) is 30.5 Å². The Bertz CT molecular complexity index is 450. The van der Waals surface area contributed by atoms with Crippen LogP contribution >= 0.6 is 11.6 Å². The molecule has 0 spiro atoms. The number of nitrogens with one attached hydrogen (secondary N) is 1. The van der Waals surface area contributed by atoms with Crippen molar-refractivity contribution in [1.29, 1.82) is 0 Å². The highest BCUT2D eigenvalue weighted by Crippen LogP contribution is 2.29. The second kappa shape index (κ2) is 7.07. The molecule has 1 aromatic carbocycles. The van der Waals surface area contributed by atoms with Crippen LogP contribution in [-0.2, 0) is 9.53 Å². The zero-order chi connectivity index (χ0) is 14.5. The van der Waals surface area contributed by atoms with Crippen molar-refractivity contribution < 1.29 is 9.53 Å². The molecule has 0 saturated carbocycles. The van der Waals surface area contributed by atoms with Crippen LogP contribution in [-0.4, -0.2) is 24.6 Å². The van der Waals surface area contributed by atoms with Gasteiger partial charge in [-0.3, -0.25) is 4.79 Å². The number of halogens is 1. The van der Waals surface area contributed by atoms with E-state index in [2.05, 4.69) is 5.32 Å². The Kier molecular flexibility index (Phi) is 5.40. The molecule has 20 heavy (non-hydrogen) atoms. The predicted molar refractivity (Wildman–Crippen MR) is 79.6 cm³/mol. The molecule has 110 valence electrons. The van der Waals surface area contributed by atoms with Crippen molar-refractivity contribution in [2.45, 2.75) is 44.4 Å². The van der Waals surface area contributed by atoms with Crippen LogP contribution in [0.3, 0.4) is 0 Å². The van der Waals surface area contributed by atoms with Gasteiger partial charge in [-0.2, -0.15) is 0 Å². The van der Waals surface area contributed by atoms with Gasteiger partial charge in [0.25, 0.3) is 0 Å². The molecule has 1 aliphatic rings. The van der Waals surface area contributed by atoms with Gasteiger partial charge in [-0.15, -0.1) is 0 Å². The third-order valence-corrected chi connectivity index (χ3v) is 3.81. The molecule has 1 aromatic rings. The molecule has 1 aliphatic heterocycles. The van der Waals surface area contributed by atoms with Gasteiger partial charge in [0.1, 0.15) is 6.10 Å². The van der Waals surface area contributed by atoms with Crippen LogP contribution in [0.25, 0.3) is 0 Å². The van der Waals surface area contributed by atoms with Crippen molar-refractivity contribution in [3.63, 3.8) is 0 Å². The monoisotopic (exact) mass is 296 g/mol. The SMILES string of the molecule is CCCC(N)C(=O)NC1CCOC1c1ccc(Cl)cc1. The van der Waals surface area contributed by atoms with E-state index in [4.69, 9.17) is 22.1 Å². The van der Waals surface area contributed by atoms with Crippen LogP contribution in [0.4, 0.5) is 0 Å². The van der Waals surface area contributed by atoms with E-state index in [0.717, 1.165) is 18.4 Å². The van der Waals surface area contributed by atoms with Gasteiger partial charge in [0, 0.05) is 11.6 Å². The standard InChI is InChI=1S/C15H21ClN2O2/c1-2-3-12(17)15(19)18-13-8-9-20-14(13)10-4-6-11(16)7-5-10/h4-7,12-14H,2-3,8-9,17H2,1H3,(H,18,19). The number of carbonyl (C=O) groups excluding carboxylic acids is 1. The maximum absolute atomic E-state index is 12.0. The summed E-state index contributed by atoms with van der Waals surface area (Å²) in [7, 11) is 0. The smallest absolute Gasteiger partial charge is 0.237 e. The lowest BCUT2D eigenvalue weighted by Crippen LogP contribution is -2.46. The molecule has 0 bridgehead atoms. The van der Waals surface area contributed by atoms with Crippen LogP contribution in [0.2, 0.25) is 5.02 Å². The second-order valence-electron chi connectivity index (χ2n) is 5.14. The Morgan fingerprint density at radius 2 is 2.20 bits per heavy atom. The summed E-state index contributed by atoms with van der Waals surface area (Å²) in [6, 6.07) is 7.08.